The Morgan fingerprint density at radius 1 is 1.00 bits per heavy atom. The fourth-order valence-electron chi connectivity index (χ4n) is 4.57. The number of sulfonamides is 1. The number of rotatable bonds is 12. The van der Waals surface area contributed by atoms with Crippen molar-refractivity contribution < 1.29 is 27.5 Å². The third-order valence-corrected chi connectivity index (χ3v) is 8.18. The molecule has 0 unspecified atom stereocenters. The Bertz CT molecular complexity index is 1450. The van der Waals surface area contributed by atoms with E-state index >= 15 is 0 Å². The van der Waals surface area contributed by atoms with E-state index in [0.29, 0.717) is 34.2 Å². The zero-order chi connectivity index (χ0) is 28.7. The topological polar surface area (TPSA) is 105 Å². The van der Waals surface area contributed by atoms with Gasteiger partial charge in [-0.3, -0.25) is 13.9 Å². The molecule has 0 bridgehead atoms. The highest BCUT2D eigenvalue weighted by Gasteiger charge is 2.30. The monoisotopic (exact) mass is 585 g/mol. The van der Waals surface area contributed by atoms with Gasteiger partial charge in [-0.05, 0) is 35.7 Å². The van der Waals surface area contributed by atoms with Gasteiger partial charge < -0.3 is 19.7 Å². The molecule has 2 amide bonds. The lowest BCUT2D eigenvalue weighted by Gasteiger charge is -2.32. The number of carbonyl (C=O) groups is 2. The summed E-state index contributed by atoms with van der Waals surface area (Å²) in [5.74, 6) is 0.412. The minimum atomic E-state index is -3.65. The van der Waals surface area contributed by atoms with E-state index in [2.05, 4.69) is 5.32 Å². The van der Waals surface area contributed by atoms with Gasteiger partial charge in [-0.25, -0.2) is 8.42 Å². The number of anilines is 1. The lowest BCUT2D eigenvalue weighted by atomic mass is 10.0. The molecule has 11 heteroatoms. The van der Waals surface area contributed by atoms with Gasteiger partial charge >= 0.3 is 0 Å². The number of benzene rings is 3. The van der Waals surface area contributed by atoms with Crippen LogP contribution in [0.15, 0.2) is 72.8 Å². The van der Waals surface area contributed by atoms with Crippen LogP contribution in [0.3, 0.4) is 0 Å². The largest absolute Gasteiger partial charge is 0.454 e. The number of likely N-dealkylation sites (N-methyl/N-ethyl adjacent to an activating group) is 1. The summed E-state index contributed by atoms with van der Waals surface area (Å²) >= 11 is 6.42. The average Bonchev–Trinajstić information content (AvgIpc) is 3.41. The first-order valence-electron chi connectivity index (χ1n) is 12.8. The van der Waals surface area contributed by atoms with Crippen LogP contribution in [0.2, 0.25) is 5.02 Å². The van der Waals surface area contributed by atoms with E-state index in [0.717, 1.165) is 11.8 Å². The second kappa shape index (κ2) is 13.1. The van der Waals surface area contributed by atoms with E-state index in [-0.39, 0.29) is 44.5 Å². The lowest BCUT2D eigenvalue weighted by Crippen LogP contribution is -2.49. The molecule has 0 saturated heterocycles. The van der Waals surface area contributed by atoms with Crippen molar-refractivity contribution in [2.75, 3.05) is 30.9 Å². The Morgan fingerprint density at radius 2 is 1.70 bits per heavy atom. The second-order valence-corrected chi connectivity index (χ2v) is 11.7. The van der Waals surface area contributed by atoms with Crippen molar-refractivity contribution in [2.24, 2.45) is 0 Å². The molecule has 0 aliphatic carbocycles. The van der Waals surface area contributed by atoms with Crippen LogP contribution in [0.4, 0.5) is 5.69 Å². The van der Waals surface area contributed by atoms with Crippen LogP contribution in [-0.4, -0.2) is 57.8 Å². The summed E-state index contributed by atoms with van der Waals surface area (Å²) in [6.07, 6.45) is 1.67. The average molecular weight is 586 g/mol. The molecule has 9 nitrogen and oxygen atoms in total. The van der Waals surface area contributed by atoms with Gasteiger partial charge in [0.25, 0.3) is 0 Å². The van der Waals surface area contributed by atoms with Crippen molar-refractivity contribution in [3.05, 3.63) is 88.9 Å². The molecule has 0 aromatic heterocycles. The van der Waals surface area contributed by atoms with E-state index in [1.807, 2.05) is 42.5 Å². The summed E-state index contributed by atoms with van der Waals surface area (Å²) in [6, 6.07) is 20.7. The molecule has 1 atom stereocenters. The maximum Gasteiger partial charge on any atom is 0.242 e. The van der Waals surface area contributed by atoms with E-state index in [9.17, 15) is 18.0 Å². The highest BCUT2D eigenvalue weighted by atomic mass is 35.5. The number of amides is 2. The maximum absolute atomic E-state index is 13.7. The van der Waals surface area contributed by atoms with Crippen LogP contribution in [0.25, 0.3) is 0 Å². The predicted molar refractivity (Wildman–Crippen MR) is 154 cm³/mol. The molecule has 3 aromatic carbocycles. The molecule has 0 radical (unpaired) electrons. The van der Waals surface area contributed by atoms with Crippen molar-refractivity contribution in [2.45, 2.75) is 31.8 Å². The Kier molecular flexibility index (Phi) is 9.54. The van der Waals surface area contributed by atoms with Crippen LogP contribution < -0.4 is 19.1 Å². The summed E-state index contributed by atoms with van der Waals surface area (Å²) in [6.45, 7) is 0.262. The van der Waals surface area contributed by atoms with Gasteiger partial charge in [-0.15, -0.1) is 0 Å². The number of hydrogen-bond acceptors (Lipinski definition) is 6. The summed E-state index contributed by atoms with van der Waals surface area (Å²) in [5.41, 5.74) is 2.02. The summed E-state index contributed by atoms with van der Waals surface area (Å²) < 4.78 is 37.3. The zero-order valence-electron chi connectivity index (χ0n) is 22.4. The standard InChI is InChI=1S/C29H32ClN3O6S/c1-31-29(35)25(17-21-9-4-3-5-10-21)32(19-22-11-6-7-12-24(22)30)28(34)13-8-16-33(40(2,36)37)23-14-15-26-27(18-23)39-20-38-26/h3-7,9-12,14-15,18,25H,8,13,16-17,19-20H2,1-2H3,(H,31,35)/t25-/m1/s1. The SMILES string of the molecule is CNC(=O)[C@@H](Cc1ccccc1)N(Cc1ccccc1Cl)C(=O)CCCN(c1ccc2c(c1)OCO2)S(C)(=O)=O. The van der Waals surface area contributed by atoms with Crippen molar-refractivity contribution in [1.29, 1.82) is 0 Å². The number of carbonyl (C=O) groups excluding carboxylic acids is 2. The van der Waals surface area contributed by atoms with Gasteiger partial charge in [0.15, 0.2) is 11.5 Å². The Morgan fingerprint density at radius 3 is 2.40 bits per heavy atom. The molecule has 1 N–H and O–H groups in total. The van der Waals surface area contributed by atoms with Crippen molar-refractivity contribution in [3.8, 4) is 11.5 Å². The first kappa shape index (κ1) is 29.2. The van der Waals surface area contributed by atoms with Gasteiger partial charge in [0.05, 0.1) is 11.9 Å². The maximum atomic E-state index is 13.7. The Balaban J connectivity index is 1.55. The molecule has 1 heterocycles. The number of halogens is 1. The molecule has 1 aliphatic rings. The molecule has 212 valence electrons. The van der Waals surface area contributed by atoms with Gasteiger partial charge in [0, 0.05) is 44.1 Å². The van der Waals surface area contributed by atoms with Gasteiger partial charge in [0.1, 0.15) is 6.04 Å². The smallest absolute Gasteiger partial charge is 0.242 e. The van der Waals surface area contributed by atoms with Crippen LogP contribution >= 0.6 is 11.6 Å². The number of ether oxygens (including phenoxy) is 2. The Labute approximate surface area is 239 Å². The van der Waals surface area contributed by atoms with Crippen molar-refractivity contribution in [3.63, 3.8) is 0 Å². The summed E-state index contributed by atoms with van der Waals surface area (Å²) in [5, 5.41) is 3.17. The van der Waals surface area contributed by atoms with Gasteiger partial charge in [0.2, 0.25) is 28.6 Å². The molecule has 0 fully saturated rings. The number of nitrogens with zero attached hydrogens (tertiary/aromatic N) is 2. The summed E-state index contributed by atoms with van der Waals surface area (Å²) in [4.78, 5) is 28.3. The molecule has 0 saturated carbocycles. The molecular weight excluding hydrogens is 554 g/mol. The zero-order valence-corrected chi connectivity index (χ0v) is 24.0. The highest BCUT2D eigenvalue weighted by Crippen LogP contribution is 2.36. The first-order chi connectivity index (χ1) is 19.2. The van der Waals surface area contributed by atoms with E-state index in [4.69, 9.17) is 21.1 Å². The second-order valence-electron chi connectivity index (χ2n) is 9.41. The predicted octanol–water partition coefficient (Wildman–Crippen LogP) is 4.00. The van der Waals surface area contributed by atoms with Gasteiger partial charge in [-0.2, -0.15) is 0 Å². The van der Waals surface area contributed by atoms with E-state index in [1.54, 1.807) is 30.3 Å². The third-order valence-electron chi connectivity index (χ3n) is 6.61. The molecule has 3 aromatic rings. The minimum absolute atomic E-state index is 0.0172. The Hall–Kier alpha value is -3.76. The molecule has 40 heavy (non-hydrogen) atoms. The van der Waals surface area contributed by atoms with Crippen LogP contribution in [-0.2, 0) is 32.6 Å². The number of hydrogen-bond donors (Lipinski definition) is 1. The highest BCUT2D eigenvalue weighted by molar-refractivity contribution is 7.92. The number of fused-ring (bicyclic) bond motifs is 1. The van der Waals surface area contributed by atoms with Crippen molar-refractivity contribution >= 4 is 39.1 Å². The molecule has 0 spiro atoms. The van der Waals surface area contributed by atoms with E-state index < -0.39 is 16.1 Å². The van der Waals surface area contributed by atoms with Crippen LogP contribution in [0.1, 0.15) is 24.0 Å². The molecular formula is C29H32ClN3O6S. The van der Waals surface area contributed by atoms with Gasteiger partial charge in [-0.1, -0.05) is 60.1 Å². The quantitative estimate of drug-likeness (QED) is 0.344. The molecule has 4 rings (SSSR count). The van der Waals surface area contributed by atoms with E-state index in [1.165, 1.54) is 16.3 Å². The lowest BCUT2D eigenvalue weighted by molar-refractivity contribution is -0.141. The molecule has 1 aliphatic heterocycles. The first-order valence-corrected chi connectivity index (χ1v) is 15.1. The summed E-state index contributed by atoms with van der Waals surface area (Å²) in [7, 11) is -2.12. The number of nitrogens with one attached hydrogen (secondary N) is 1. The third kappa shape index (κ3) is 7.25. The fourth-order valence-corrected chi connectivity index (χ4v) is 5.73. The van der Waals surface area contributed by atoms with Crippen LogP contribution in [0, 0.1) is 0 Å². The van der Waals surface area contributed by atoms with Crippen molar-refractivity contribution in [1.82, 2.24) is 10.2 Å². The fraction of sp³-hybridized carbons (Fsp3) is 0.310. The van der Waals surface area contributed by atoms with Crippen LogP contribution in [0.5, 0.6) is 11.5 Å². The normalized spacial score (nSPS) is 13.0. The minimum Gasteiger partial charge on any atom is -0.454 e.